The lowest BCUT2D eigenvalue weighted by Crippen LogP contribution is -2.46. The van der Waals surface area contributed by atoms with E-state index in [0.29, 0.717) is 30.4 Å². The first-order valence-electron chi connectivity index (χ1n) is 9.93. The van der Waals surface area contributed by atoms with E-state index < -0.39 is 11.8 Å². The van der Waals surface area contributed by atoms with Gasteiger partial charge in [-0.2, -0.15) is 0 Å². The Hall–Kier alpha value is -3.09. The van der Waals surface area contributed by atoms with Crippen molar-refractivity contribution in [2.75, 3.05) is 24.7 Å². The molecule has 0 radical (unpaired) electrons. The van der Waals surface area contributed by atoms with E-state index in [9.17, 15) is 9.59 Å². The Labute approximate surface area is 171 Å². The summed E-state index contributed by atoms with van der Waals surface area (Å²) in [7, 11) is 1.61. The SMILES string of the molecule is CCc1cc(NC(=O)C(=O)N2C[C@@H](C)CC[C@@H]2c2cccc(OC)c2)cnc1N. The second-order valence-electron chi connectivity index (χ2n) is 7.51. The van der Waals surface area contributed by atoms with Crippen LogP contribution in [0, 0.1) is 5.92 Å². The summed E-state index contributed by atoms with van der Waals surface area (Å²) in [4.78, 5) is 31.5. The Bertz CT molecular complexity index is 899. The van der Waals surface area contributed by atoms with Crippen LogP contribution in [0.1, 0.15) is 43.9 Å². The van der Waals surface area contributed by atoms with E-state index in [4.69, 9.17) is 10.5 Å². The van der Waals surface area contributed by atoms with Crippen molar-refractivity contribution in [2.45, 2.75) is 39.2 Å². The summed E-state index contributed by atoms with van der Waals surface area (Å²) in [5.41, 5.74) is 8.09. The molecular weight excluding hydrogens is 368 g/mol. The molecule has 0 saturated carbocycles. The molecule has 2 heterocycles. The van der Waals surface area contributed by atoms with Crippen LogP contribution in [0.4, 0.5) is 11.5 Å². The predicted octanol–water partition coefficient (Wildman–Crippen LogP) is 3.17. The molecule has 0 bridgehead atoms. The fourth-order valence-electron chi connectivity index (χ4n) is 3.76. The minimum atomic E-state index is -0.666. The van der Waals surface area contributed by atoms with Gasteiger partial charge in [0.05, 0.1) is 25.0 Å². The zero-order chi connectivity index (χ0) is 21.0. The normalized spacial score (nSPS) is 18.9. The maximum absolute atomic E-state index is 13.0. The van der Waals surface area contributed by atoms with Crippen molar-refractivity contribution in [3.05, 3.63) is 47.7 Å². The number of piperidine rings is 1. The average molecular weight is 396 g/mol. The number of aryl methyl sites for hydroxylation is 1. The summed E-state index contributed by atoms with van der Waals surface area (Å²) >= 11 is 0. The smallest absolute Gasteiger partial charge is 0.313 e. The van der Waals surface area contributed by atoms with E-state index >= 15 is 0 Å². The second-order valence-corrected chi connectivity index (χ2v) is 7.51. The van der Waals surface area contributed by atoms with Crippen LogP contribution in [0.2, 0.25) is 0 Å². The minimum absolute atomic E-state index is 0.157. The van der Waals surface area contributed by atoms with Crippen molar-refractivity contribution < 1.29 is 14.3 Å². The van der Waals surface area contributed by atoms with Crippen molar-refractivity contribution in [1.29, 1.82) is 0 Å². The zero-order valence-corrected chi connectivity index (χ0v) is 17.1. The van der Waals surface area contributed by atoms with Crippen LogP contribution in [-0.4, -0.2) is 35.4 Å². The summed E-state index contributed by atoms with van der Waals surface area (Å²) in [5, 5.41) is 2.68. The van der Waals surface area contributed by atoms with Crippen LogP contribution in [0.15, 0.2) is 36.5 Å². The van der Waals surface area contributed by atoms with E-state index in [0.717, 1.165) is 29.7 Å². The fraction of sp³-hybridized carbons (Fsp3) is 0.409. The van der Waals surface area contributed by atoms with Gasteiger partial charge in [-0.25, -0.2) is 4.98 Å². The van der Waals surface area contributed by atoms with Gasteiger partial charge in [0.1, 0.15) is 11.6 Å². The van der Waals surface area contributed by atoms with Gasteiger partial charge in [0.15, 0.2) is 0 Å². The number of hydrogen-bond acceptors (Lipinski definition) is 5. The number of nitrogen functional groups attached to an aromatic ring is 1. The molecule has 1 aliphatic rings. The van der Waals surface area contributed by atoms with E-state index in [2.05, 4.69) is 17.2 Å². The third-order valence-electron chi connectivity index (χ3n) is 5.39. The van der Waals surface area contributed by atoms with Crippen molar-refractivity contribution in [3.8, 4) is 5.75 Å². The summed E-state index contributed by atoms with van der Waals surface area (Å²) < 4.78 is 5.32. The zero-order valence-electron chi connectivity index (χ0n) is 17.1. The van der Waals surface area contributed by atoms with Crippen molar-refractivity contribution in [3.63, 3.8) is 0 Å². The molecule has 3 N–H and O–H groups in total. The minimum Gasteiger partial charge on any atom is -0.497 e. The van der Waals surface area contributed by atoms with Gasteiger partial charge in [-0.3, -0.25) is 9.59 Å². The highest BCUT2D eigenvalue weighted by Gasteiger charge is 2.34. The number of likely N-dealkylation sites (tertiary alicyclic amines) is 1. The number of nitrogens with one attached hydrogen (secondary N) is 1. The summed E-state index contributed by atoms with van der Waals surface area (Å²) in [6.45, 7) is 4.59. The van der Waals surface area contributed by atoms with Gasteiger partial charge < -0.3 is 20.7 Å². The first-order chi connectivity index (χ1) is 13.9. The number of anilines is 2. The van der Waals surface area contributed by atoms with Crippen molar-refractivity contribution in [2.24, 2.45) is 5.92 Å². The third kappa shape index (κ3) is 4.67. The number of ether oxygens (including phenoxy) is 1. The number of nitrogens with zero attached hydrogens (tertiary/aromatic N) is 2. The van der Waals surface area contributed by atoms with Gasteiger partial charge in [0.2, 0.25) is 0 Å². The molecule has 3 rings (SSSR count). The lowest BCUT2D eigenvalue weighted by molar-refractivity contribution is -0.146. The van der Waals surface area contributed by atoms with Crippen LogP contribution in [0.3, 0.4) is 0 Å². The van der Waals surface area contributed by atoms with Crippen LogP contribution in [-0.2, 0) is 16.0 Å². The van der Waals surface area contributed by atoms with Crippen LogP contribution in [0.5, 0.6) is 5.75 Å². The number of carbonyl (C=O) groups is 2. The molecular formula is C22H28N4O3. The number of nitrogens with two attached hydrogens (primary N) is 1. The molecule has 0 unspecified atom stereocenters. The quantitative estimate of drug-likeness (QED) is 0.774. The van der Waals surface area contributed by atoms with Gasteiger partial charge in [-0.05, 0) is 54.5 Å². The Balaban J connectivity index is 1.80. The van der Waals surface area contributed by atoms with Gasteiger partial charge in [0, 0.05) is 6.54 Å². The molecule has 2 amide bonds. The van der Waals surface area contributed by atoms with Crippen LogP contribution >= 0.6 is 0 Å². The maximum atomic E-state index is 13.0. The van der Waals surface area contributed by atoms with E-state index in [1.54, 1.807) is 18.1 Å². The molecule has 2 aromatic rings. The molecule has 2 atom stereocenters. The number of carbonyl (C=O) groups excluding carboxylic acids is 2. The Morgan fingerprint density at radius 1 is 1.31 bits per heavy atom. The molecule has 1 aromatic carbocycles. The summed E-state index contributed by atoms with van der Waals surface area (Å²) in [5.74, 6) is 0.288. The number of benzene rings is 1. The Morgan fingerprint density at radius 2 is 2.10 bits per heavy atom. The number of methoxy groups -OCH3 is 1. The topological polar surface area (TPSA) is 97.5 Å². The predicted molar refractivity (Wildman–Crippen MR) is 113 cm³/mol. The summed E-state index contributed by atoms with van der Waals surface area (Å²) in [6, 6.07) is 9.27. The number of rotatable bonds is 4. The molecule has 0 spiro atoms. The first kappa shape index (κ1) is 20.6. The molecule has 29 heavy (non-hydrogen) atoms. The number of pyridine rings is 1. The highest BCUT2D eigenvalue weighted by Crippen LogP contribution is 2.34. The number of amides is 2. The Morgan fingerprint density at radius 3 is 2.83 bits per heavy atom. The largest absolute Gasteiger partial charge is 0.497 e. The van der Waals surface area contributed by atoms with Gasteiger partial charge in [-0.1, -0.05) is 26.0 Å². The molecule has 1 fully saturated rings. The fourth-order valence-corrected chi connectivity index (χ4v) is 3.76. The van der Waals surface area contributed by atoms with E-state index in [1.807, 2.05) is 31.2 Å². The lowest BCUT2D eigenvalue weighted by atomic mass is 9.89. The molecule has 7 nitrogen and oxygen atoms in total. The van der Waals surface area contributed by atoms with Crippen molar-refractivity contribution >= 4 is 23.3 Å². The van der Waals surface area contributed by atoms with E-state index in [-0.39, 0.29) is 6.04 Å². The van der Waals surface area contributed by atoms with Gasteiger partial charge in [0.25, 0.3) is 0 Å². The Kier molecular flexibility index (Phi) is 6.36. The van der Waals surface area contributed by atoms with Gasteiger partial charge in [-0.15, -0.1) is 0 Å². The van der Waals surface area contributed by atoms with Crippen LogP contribution in [0.25, 0.3) is 0 Å². The maximum Gasteiger partial charge on any atom is 0.313 e. The highest BCUT2D eigenvalue weighted by molar-refractivity contribution is 6.39. The second kappa shape index (κ2) is 8.94. The van der Waals surface area contributed by atoms with Crippen LogP contribution < -0.4 is 15.8 Å². The third-order valence-corrected chi connectivity index (χ3v) is 5.39. The van der Waals surface area contributed by atoms with E-state index in [1.165, 1.54) is 6.20 Å². The molecule has 7 heteroatoms. The molecule has 1 aromatic heterocycles. The average Bonchev–Trinajstić information content (AvgIpc) is 2.74. The number of hydrogen-bond donors (Lipinski definition) is 2. The lowest BCUT2D eigenvalue weighted by Gasteiger charge is -2.38. The molecule has 1 saturated heterocycles. The first-order valence-corrected chi connectivity index (χ1v) is 9.93. The van der Waals surface area contributed by atoms with Crippen molar-refractivity contribution in [1.82, 2.24) is 9.88 Å². The molecule has 0 aliphatic carbocycles. The molecule has 1 aliphatic heterocycles. The molecule has 154 valence electrons. The van der Waals surface area contributed by atoms with Gasteiger partial charge >= 0.3 is 11.8 Å². The standard InChI is InChI=1S/C22H28N4O3/c1-4-15-10-17(12-24-20(15)23)25-21(27)22(28)26-13-14(2)8-9-19(26)16-6-5-7-18(11-16)29-3/h5-7,10-12,14,19H,4,8-9,13H2,1-3H3,(H2,23,24)(H,25,27)/t14-,19+/m0/s1. The number of aromatic nitrogens is 1. The summed E-state index contributed by atoms with van der Waals surface area (Å²) in [6.07, 6.45) is 3.96. The monoisotopic (exact) mass is 396 g/mol. The highest BCUT2D eigenvalue weighted by atomic mass is 16.5.